The fourth-order valence-corrected chi connectivity index (χ4v) is 5.37. The van der Waals surface area contributed by atoms with Crippen LogP contribution in [0.25, 0.3) is 0 Å². The molecule has 7 nitrogen and oxygen atoms in total. The van der Waals surface area contributed by atoms with Crippen molar-refractivity contribution in [3.8, 4) is 5.75 Å². The number of fused-ring (bicyclic) bond motifs is 1. The van der Waals surface area contributed by atoms with Gasteiger partial charge in [-0.25, -0.2) is 8.42 Å². The van der Waals surface area contributed by atoms with Crippen LogP contribution in [0.1, 0.15) is 32.3 Å². The quantitative estimate of drug-likeness (QED) is 0.732. The van der Waals surface area contributed by atoms with Crippen molar-refractivity contribution >= 4 is 15.9 Å². The number of aliphatic hydroxyl groups excluding tert-OH is 1. The average Bonchev–Trinajstić information content (AvgIpc) is 3.04. The zero-order valence-electron chi connectivity index (χ0n) is 15.6. The first-order valence-electron chi connectivity index (χ1n) is 9.04. The van der Waals surface area contributed by atoms with Crippen molar-refractivity contribution in [2.24, 2.45) is 0 Å². The van der Waals surface area contributed by atoms with Gasteiger partial charge in [0.15, 0.2) is 0 Å². The van der Waals surface area contributed by atoms with Crippen LogP contribution < -0.4 is 10.1 Å². The Labute approximate surface area is 160 Å². The van der Waals surface area contributed by atoms with E-state index in [1.807, 2.05) is 13.8 Å². The molecular formula is C19H26N2O5S. The highest BCUT2D eigenvalue weighted by Gasteiger charge is 2.40. The fourth-order valence-electron chi connectivity index (χ4n) is 3.64. The summed E-state index contributed by atoms with van der Waals surface area (Å²) < 4.78 is 33.5. The molecule has 1 fully saturated rings. The third kappa shape index (κ3) is 4.02. The Bertz CT molecular complexity index is 850. The summed E-state index contributed by atoms with van der Waals surface area (Å²) in [5, 5.41) is 12.4. The molecule has 1 aromatic rings. The molecule has 0 bridgehead atoms. The number of hydrogen-bond acceptors (Lipinski definition) is 5. The smallest absolute Gasteiger partial charge is 0.243 e. The summed E-state index contributed by atoms with van der Waals surface area (Å²) in [6.07, 6.45) is 3.06. The number of carbonyl (C=O) groups excluding carboxylic acids is 1. The van der Waals surface area contributed by atoms with E-state index in [1.165, 1.54) is 4.31 Å². The Morgan fingerprint density at radius 2 is 2.22 bits per heavy atom. The molecule has 1 amide bonds. The van der Waals surface area contributed by atoms with E-state index in [-0.39, 0.29) is 35.6 Å². The van der Waals surface area contributed by atoms with Crippen LogP contribution in [0.5, 0.6) is 5.75 Å². The number of nitrogens with one attached hydrogen (secondary N) is 1. The molecule has 2 N–H and O–H groups in total. The second kappa shape index (κ2) is 7.26. The number of nitrogens with zero attached hydrogens (tertiary/aromatic N) is 1. The lowest BCUT2D eigenvalue weighted by Gasteiger charge is -2.33. The molecule has 0 spiro atoms. The van der Waals surface area contributed by atoms with Crippen LogP contribution >= 0.6 is 0 Å². The lowest BCUT2D eigenvalue weighted by molar-refractivity contribution is -0.117. The van der Waals surface area contributed by atoms with Gasteiger partial charge in [-0.1, -0.05) is 6.58 Å². The van der Waals surface area contributed by atoms with Crippen LogP contribution in [0.4, 0.5) is 0 Å². The zero-order chi connectivity index (χ0) is 19.8. The summed E-state index contributed by atoms with van der Waals surface area (Å²) in [6, 6.07) is 3.97. The van der Waals surface area contributed by atoms with E-state index in [2.05, 4.69) is 11.9 Å². The van der Waals surface area contributed by atoms with Crippen molar-refractivity contribution in [2.45, 2.75) is 55.7 Å². The van der Waals surface area contributed by atoms with Crippen LogP contribution in [-0.2, 0) is 21.2 Å². The predicted octanol–water partition coefficient (Wildman–Crippen LogP) is 1.22. The standard InChI is InChI=1S/C19H26N2O5S/c1-4-18(23)20-14-10-15(12-22)21(11-14)27(24,25)16-5-6-17-13(9-16)7-8-19(2,3)26-17/h4-6,9,14-15,22H,1,7-8,10-12H2,2-3H3,(H,20,23). The van der Waals surface area contributed by atoms with Gasteiger partial charge in [0.05, 0.1) is 17.5 Å². The van der Waals surface area contributed by atoms with Crippen LogP contribution in [0.15, 0.2) is 35.7 Å². The molecule has 8 heteroatoms. The molecule has 2 aliphatic heterocycles. The molecule has 2 heterocycles. The number of sulfonamides is 1. The molecule has 0 saturated carbocycles. The van der Waals surface area contributed by atoms with E-state index in [4.69, 9.17) is 4.74 Å². The Balaban J connectivity index is 1.85. The molecule has 1 saturated heterocycles. The number of amides is 1. The Morgan fingerprint density at radius 1 is 1.48 bits per heavy atom. The molecule has 0 aliphatic carbocycles. The fraction of sp³-hybridized carbons (Fsp3) is 0.526. The largest absolute Gasteiger partial charge is 0.488 e. The van der Waals surface area contributed by atoms with Crippen molar-refractivity contribution in [1.82, 2.24) is 9.62 Å². The average molecular weight is 394 g/mol. The number of ether oxygens (including phenoxy) is 1. The number of aliphatic hydroxyl groups is 1. The van der Waals surface area contributed by atoms with Crippen molar-refractivity contribution in [3.05, 3.63) is 36.4 Å². The molecule has 3 rings (SSSR count). The number of carbonyl (C=O) groups is 1. The zero-order valence-corrected chi connectivity index (χ0v) is 16.5. The number of hydrogen-bond donors (Lipinski definition) is 2. The topological polar surface area (TPSA) is 95.9 Å². The molecular weight excluding hydrogens is 368 g/mol. The maximum absolute atomic E-state index is 13.2. The number of aryl methyl sites for hydroxylation is 1. The second-order valence-electron chi connectivity index (χ2n) is 7.69. The summed E-state index contributed by atoms with van der Waals surface area (Å²) in [6.45, 7) is 7.23. The maximum atomic E-state index is 13.2. The van der Waals surface area contributed by atoms with Gasteiger partial charge in [-0.3, -0.25) is 4.79 Å². The van der Waals surface area contributed by atoms with E-state index >= 15 is 0 Å². The molecule has 2 unspecified atom stereocenters. The van der Waals surface area contributed by atoms with Crippen molar-refractivity contribution < 1.29 is 23.1 Å². The van der Waals surface area contributed by atoms with E-state index in [0.29, 0.717) is 12.2 Å². The maximum Gasteiger partial charge on any atom is 0.243 e. The van der Waals surface area contributed by atoms with E-state index in [1.54, 1.807) is 18.2 Å². The third-order valence-corrected chi connectivity index (χ3v) is 7.04. The molecule has 2 aliphatic rings. The highest BCUT2D eigenvalue weighted by atomic mass is 32.2. The summed E-state index contributed by atoms with van der Waals surface area (Å²) in [5.74, 6) is 0.353. The van der Waals surface area contributed by atoms with Gasteiger partial charge >= 0.3 is 0 Å². The monoisotopic (exact) mass is 394 g/mol. The SMILES string of the molecule is C=CC(=O)NC1CC(CO)N(S(=O)(=O)c2ccc3c(c2)CCC(C)(C)O3)C1. The summed E-state index contributed by atoms with van der Waals surface area (Å²) in [4.78, 5) is 11.7. The van der Waals surface area contributed by atoms with Crippen molar-refractivity contribution in [3.63, 3.8) is 0 Å². The van der Waals surface area contributed by atoms with E-state index in [0.717, 1.165) is 24.5 Å². The Kier molecular flexibility index (Phi) is 5.33. The first-order chi connectivity index (χ1) is 12.7. The van der Waals surface area contributed by atoms with Crippen molar-refractivity contribution in [1.29, 1.82) is 0 Å². The minimum absolute atomic E-state index is 0.119. The number of rotatable bonds is 5. The minimum Gasteiger partial charge on any atom is -0.488 e. The van der Waals surface area contributed by atoms with Gasteiger partial charge in [-0.2, -0.15) is 4.31 Å². The van der Waals surface area contributed by atoms with Crippen LogP contribution in [-0.4, -0.2) is 54.6 Å². The molecule has 0 radical (unpaired) electrons. The van der Waals surface area contributed by atoms with E-state index < -0.39 is 16.1 Å². The Hall–Kier alpha value is -1.90. The number of benzene rings is 1. The van der Waals surface area contributed by atoms with Gasteiger partial charge in [0, 0.05) is 12.6 Å². The summed E-state index contributed by atoms with van der Waals surface area (Å²) in [7, 11) is -3.80. The Morgan fingerprint density at radius 3 is 2.89 bits per heavy atom. The lowest BCUT2D eigenvalue weighted by Crippen LogP contribution is -2.40. The van der Waals surface area contributed by atoms with Gasteiger partial charge in [0.1, 0.15) is 11.4 Å². The van der Waals surface area contributed by atoms with Crippen LogP contribution in [0.2, 0.25) is 0 Å². The second-order valence-corrected chi connectivity index (χ2v) is 9.58. The molecule has 1 aromatic carbocycles. The molecule has 148 valence electrons. The van der Waals surface area contributed by atoms with Crippen LogP contribution in [0.3, 0.4) is 0 Å². The van der Waals surface area contributed by atoms with Gasteiger partial charge in [0.2, 0.25) is 15.9 Å². The molecule has 2 atom stereocenters. The summed E-state index contributed by atoms with van der Waals surface area (Å²) >= 11 is 0. The first-order valence-corrected chi connectivity index (χ1v) is 10.5. The summed E-state index contributed by atoms with van der Waals surface area (Å²) in [5.41, 5.74) is 0.604. The minimum atomic E-state index is -3.80. The molecule has 27 heavy (non-hydrogen) atoms. The van der Waals surface area contributed by atoms with Gasteiger partial charge in [0.25, 0.3) is 0 Å². The van der Waals surface area contributed by atoms with Crippen molar-refractivity contribution in [2.75, 3.05) is 13.2 Å². The highest BCUT2D eigenvalue weighted by Crippen LogP contribution is 2.35. The normalized spacial score (nSPS) is 24.7. The first kappa shape index (κ1) is 19.9. The molecule has 0 aromatic heterocycles. The lowest BCUT2D eigenvalue weighted by atomic mass is 9.94. The van der Waals surface area contributed by atoms with E-state index in [9.17, 15) is 18.3 Å². The van der Waals surface area contributed by atoms with Crippen LogP contribution in [0, 0.1) is 0 Å². The van der Waals surface area contributed by atoms with Gasteiger partial charge in [-0.15, -0.1) is 0 Å². The third-order valence-electron chi connectivity index (χ3n) is 5.13. The van der Waals surface area contributed by atoms with Gasteiger partial charge in [-0.05, 0) is 62.9 Å². The van der Waals surface area contributed by atoms with Gasteiger partial charge < -0.3 is 15.2 Å². The predicted molar refractivity (Wildman–Crippen MR) is 101 cm³/mol. The highest BCUT2D eigenvalue weighted by molar-refractivity contribution is 7.89.